The van der Waals surface area contributed by atoms with Crippen molar-refractivity contribution in [3.63, 3.8) is 0 Å². The minimum atomic E-state index is 0.236. The van der Waals surface area contributed by atoms with Gasteiger partial charge in [-0.1, -0.05) is 0 Å². The summed E-state index contributed by atoms with van der Waals surface area (Å²) >= 11 is 0. The molecule has 0 aliphatic carbocycles. The van der Waals surface area contributed by atoms with Gasteiger partial charge >= 0.3 is 0 Å². The standard InChI is InChI=1S/C15H14N2O2/c1-9-12(4-6-15(16-2)17-9)14-8-10-7-11(18)3-5-13(10)19-14/h3-8,18H,1-2H3,(H,16,17). The average Bonchev–Trinajstić information content (AvgIpc) is 2.81. The Labute approximate surface area is 110 Å². The quantitative estimate of drug-likeness (QED) is 0.734. The third kappa shape index (κ3) is 2.01. The molecule has 2 N–H and O–H groups in total. The predicted octanol–water partition coefficient (Wildman–Crippen LogP) is 3.55. The average molecular weight is 254 g/mol. The van der Waals surface area contributed by atoms with E-state index >= 15 is 0 Å². The zero-order chi connectivity index (χ0) is 13.4. The lowest BCUT2D eigenvalue weighted by Gasteiger charge is -2.04. The van der Waals surface area contributed by atoms with E-state index in [9.17, 15) is 5.11 Å². The van der Waals surface area contributed by atoms with Crippen molar-refractivity contribution in [2.45, 2.75) is 6.92 Å². The monoisotopic (exact) mass is 254 g/mol. The SMILES string of the molecule is CNc1ccc(-c2cc3cc(O)ccc3o2)c(C)n1. The van der Waals surface area contributed by atoms with Crippen molar-refractivity contribution in [1.82, 2.24) is 4.98 Å². The van der Waals surface area contributed by atoms with Crippen LogP contribution in [0.3, 0.4) is 0 Å². The van der Waals surface area contributed by atoms with E-state index in [1.165, 1.54) is 0 Å². The molecule has 3 aromatic rings. The highest BCUT2D eigenvalue weighted by molar-refractivity contribution is 5.84. The zero-order valence-electron chi connectivity index (χ0n) is 10.8. The summed E-state index contributed by atoms with van der Waals surface area (Å²) in [6.45, 7) is 1.95. The number of nitrogens with zero attached hydrogens (tertiary/aromatic N) is 1. The van der Waals surface area contributed by atoms with Crippen LogP contribution < -0.4 is 5.32 Å². The summed E-state index contributed by atoms with van der Waals surface area (Å²) in [5.74, 6) is 1.82. The van der Waals surface area contributed by atoms with E-state index in [2.05, 4.69) is 10.3 Å². The third-order valence-electron chi connectivity index (χ3n) is 3.11. The van der Waals surface area contributed by atoms with Gasteiger partial charge in [0, 0.05) is 18.0 Å². The molecule has 4 nitrogen and oxygen atoms in total. The second-order valence-corrected chi connectivity index (χ2v) is 4.41. The van der Waals surface area contributed by atoms with Gasteiger partial charge in [-0.3, -0.25) is 0 Å². The minimum absolute atomic E-state index is 0.236. The van der Waals surface area contributed by atoms with Crippen LogP contribution in [0.2, 0.25) is 0 Å². The molecule has 0 saturated heterocycles. The van der Waals surface area contributed by atoms with Crippen molar-refractivity contribution in [3.8, 4) is 17.1 Å². The number of phenolic OH excluding ortho intramolecular Hbond substituents is 1. The Kier molecular flexibility index (Phi) is 2.63. The Bertz CT molecular complexity index is 747. The topological polar surface area (TPSA) is 58.3 Å². The molecule has 0 saturated carbocycles. The molecule has 0 amide bonds. The molecule has 0 bridgehead atoms. The number of phenols is 1. The number of furan rings is 1. The number of hydrogen-bond donors (Lipinski definition) is 2. The van der Waals surface area contributed by atoms with E-state index in [0.29, 0.717) is 0 Å². The summed E-state index contributed by atoms with van der Waals surface area (Å²) in [5, 5.41) is 13.4. The smallest absolute Gasteiger partial charge is 0.137 e. The van der Waals surface area contributed by atoms with Crippen LogP contribution in [0.4, 0.5) is 5.82 Å². The van der Waals surface area contributed by atoms with Crippen LogP contribution in [-0.4, -0.2) is 17.1 Å². The number of rotatable bonds is 2. The molecule has 0 aliphatic heterocycles. The Balaban J connectivity index is 2.13. The van der Waals surface area contributed by atoms with Crippen molar-refractivity contribution in [2.75, 3.05) is 12.4 Å². The number of nitrogens with one attached hydrogen (secondary N) is 1. The molecule has 96 valence electrons. The molecule has 0 spiro atoms. The van der Waals surface area contributed by atoms with Gasteiger partial charge < -0.3 is 14.8 Å². The summed E-state index contributed by atoms with van der Waals surface area (Å²) in [4.78, 5) is 4.44. The molecular formula is C15H14N2O2. The number of pyridine rings is 1. The summed E-state index contributed by atoms with van der Waals surface area (Å²) in [7, 11) is 1.84. The maximum absolute atomic E-state index is 9.47. The van der Waals surface area contributed by atoms with E-state index in [4.69, 9.17) is 4.42 Å². The van der Waals surface area contributed by atoms with Crippen LogP contribution in [0.15, 0.2) is 40.8 Å². The van der Waals surface area contributed by atoms with Gasteiger partial charge in [0.05, 0.1) is 5.69 Å². The summed E-state index contributed by atoms with van der Waals surface area (Å²) in [6.07, 6.45) is 0. The van der Waals surface area contributed by atoms with Gasteiger partial charge in [-0.05, 0) is 43.3 Å². The first kappa shape index (κ1) is 11.6. The lowest BCUT2D eigenvalue weighted by molar-refractivity contribution is 0.476. The fourth-order valence-electron chi connectivity index (χ4n) is 2.12. The molecule has 19 heavy (non-hydrogen) atoms. The van der Waals surface area contributed by atoms with Gasteiger partial charge in [0.2, 0.25) is 0 Å². The molecular weight excluding hydrogens is 240 g/mol. The molecule has 0 radical (unpaired) electrons. The van der Waals surface area contributed by atoms with Gasteiger partial charge in [0.25, 0.3) is 0 Å². The number of hydrogen-bond acceptors (Lipinski definition) is 4. The lowest BCUT2D eigenvalue weighted by atomic mass is 10.1. The van der Waals surface area contributed by atoms with Crippen LogP contribution in [0.5, 0.6) is 5.75 Å². The fraction of sp³-hybridized carbons (Fsp3) is 0.133. The number of aryl methyl sites for hydroxylation is 1. The highest BCUT2D eigenvalue weighted by Crippen LogP contribution is 2.31. The van der Waals surface area contributed by atoms with Gasteiger partial charge in [-0.25, -0.2) is 4.98 Å². The predicted molar refractivity (Wildman–Crippen MR) is 75.4 cm³/mol. The Morgan fingerprint density at radius 3 is 2.74 bits per heavy atom. The van der Waals surface area contributed by atoms with Crippen molar-refractivity contribution in [3.05, 3.63) is 42.1 Å². The number of benzene rings is 1. The van der Waals surface area contributed by atoms with Crippen molar-refractivity contribution in [1.29, 1.82) is 0 Å². The largest absolute Gasteiger partial charge is 0.508 e. The highest BCUT2D eigenvalue weighted by Gasteiger charge is 2.10. The Morgan fingerprint density at radius 1 is 1.16 bits per heavy atom. The molecule has 1 aromatic carbocycles. The van der Waals surface area contributed by atoms with E-state index in [1.807, 2.05) is 32.2 Å². The third-order valence-corrected chi connectivity index (χ3v) is 3.11. The van der Waals surface area contributed by atoms with Gasteiger partial charge in [-0.15, -0.1) is 0 Å². The van der Waals surface area contributed by atoms with Crippen molar-refractivity contribution < 1.29 is 9.52 Å². The first-order valence-corrected chi connectivity index (χ1v) is 6.06. The van der Waals surface area contributed by atoms with E-state index < -0.39 is 0 Å². The first-order chi connectivity index (χ1) is 9.17. The molecule has 0 unspecified atom stereocenters. The van der Waals surface area contributed by atoms with E-state index in [0.717, 1.165) is 33.8 Å². The van der Waals surface area contributed by atoms with Crippen LogP contribution in [0.1, 0.15) is 5.69 Å². The lowest BCUT2D eigenvalue weighted by Crippen LogP contribution is -1.94. The van der Waals surface area contributed by atoms with Crippen molar-refractivity contribution in [2.24, 2.45) is 0 Å². The molecule has 3 rings (SSSR count). The number of aromatic nitrogens is 1. The molecule has 0 fully saturated rings. The highest BCUT2D eigenvalue weighted by atomic mass is 16.3. The number of anilines is 1. The van der Waals surface area contributed by atoms with Crippen LogP contribution in [-0.2, 0) is 0 Å². The second-order valence-electron chi connectivity index (χ2n) is 4.41. The Morgan fingerprint density at radius 2 is 2.00 bits per heavy atom. The first-order valence-electron chi connectivity index (χ1n) is 6.06. The van der Waals surface area contributed by atoms with Crippen molar-refractivity contribution >= 4 is 16.8 Å². The summed E-state index contributed by atoms with van der Waals surface area (Å²) < 4.78 is 5.79. The summed E-state index contributed by atoms with van der Waals surface area (Å²) in [6, 6.07) is 10.9. The van der Waals surface area contributed by atoms with Gasteiger partial charge in [0.1, 0.15) is 22.9 Å². The van der Waals surface area contributed by atoms with Crippen LogP contribution in [0, 0.1) is 6.92 Å². The fourth-order valence-corrected chi connectivity index (χ4v) is 2.12. The molecule has 0 atom stereocenters. The Hall–Kier alpha value is -2.49. The number of aromatic hydroxyl groups is 1. The van der Waals surface area contributed by atoms with Crippen LogP contribution >= 0.6 is 0 Å². The molecule has 0 aliphatic rings. The normalized spacial score (nSPS) is 10.8. The molecule has 2 aromatic heterocycles. The maximum atomic E-state index is 9.47. The zero-order valence-corrected chi connectivity index (χ0v) is 10.8. The van der Waals surface area contributed by atoms with E-state index in [-0.39, 0.29) is 5.75 Å². The molecule has 4 heteroatoms. The number of fused-ring (bicyclic) bond motifs is 1. The van der Waals surface area contributed by atoms with E-state index in [1.54, 1.807) is 18.2 Å². The van der Waals surface area contributed by atoms with Gasteiger partial charge in [-0.2, -0.15) is 0 Å². The molecule has 2 heterocycles. The second kappa shape index (κ2) is 4.31. The van der Waals surface area contributed by atoms with Crippen LogP contribution in [0.25, 0.3) is 22.3 Å². The maximum Gasteiger partial charge on any atom is 0.137 e. The summed E-state index contributed by atoms with van der Waals surface area (Å²) in [5.41, 5.74) is 2.61. The van der Waals surface area contributed by atoms with Gasteiger partial charge in [0.15, 0.2) is 0 Å². The minimum Gasteiger partial charge on any atom is -0.508 e.